The van der Waals surface area contributed by atoms with Crippen molar-refractivity contribution in [1.29, 1.82) is 0 Å². The van der Waals surface area contributed by atoms with E-state index in [-0.39, 0.29) is 6.71 Å². The minimum atomic E-state index is 0.109. The number of anilines is 3. The molecule has 0 amide bonds. The number of benzene rings is 7. The Bertz CT molecular complexity index is 2410. The molecular weight excluding hydrogens is 559 g/mol. The van der Waals surface area contributed by atoms with E-state index in [1.807, 2.05) is 0 Å². The summed E-state index contributed by atoms with van der Waals surface area (Å²) in [6.45, 7) is 0.109. The summed E-state index contributed by atoms with van der Waals surface area (Å²) in [5.41, 5.74) is 13.2. The second-order valence-corrected chi connectivity index (χ2v) is 12.1. The number of hydrogen-bond acceptors (Lipinski definition) is 2. The molecule has 0 bridgehead atoms. The van der Waals surface area contributed by atoms with Crippen LogP contribution in [0.1, 0.15) is 0 Å². The van der Waals surface area contributed by atoms with Crippen LogP contribution in [-0.2, 0) is 0 Å². The number of hydrogen-bond donors (Lipinski definition) is 0. The van der Waals surface area contributed by atoms with Crippen LogP contribution >= 0.6 is 0 Å². The summed E-state index contributed by atoms with van der Waals surface area (Å²) in [6, 6.07) is 58.6. The van der Waals surface area contributed by atoms with Gasteiger partial charge in [0, 0.05) is 33.5 Å². The van der Waals surface area contributed by atoms with Gasteiger partial charge in [-0.05, 0) is 94.2 Å². The van der Waals surface area contributed by atoms with Gasteiger partial charge in [-0.15, -0.1) is 0 Å². The monoisotopic (exact) mass is 586 g/mol. The molecule has 4 heteroatoms. The molecule has 1 aromatic heterocycles. The van der Waals surface area contributed by atoms with Gasteiger partial charge in [0.15, 0.2) is 0 Å². The summed E-state index contributed by atoms with van der Waals surface area (Å²) in [7, 11) is 0. The zero-order chi connectivity index (χ0) is 30.2. The van der Waals surface area contributed by atoms with Gasteiger partial charge in [0.1, 0.15) is 11.5 Å². The zero-order valence-electron chi connectivity index (χ0n) is 25.0. The van der Waals surface area contributed by atoms with Crippen LogP contribution in [0.2, 0.25) is 0 Å². The molecule has 0 N–H and O–H groups in total. The topological polar surface area (TPSA) is 17.4 Å². The van der Waals surface area contributed by atoms with Crippen molar-refractivity contribution in [2.75, 3.05) is 4.90 Å². The normalized spacial score (nSPS) is 12.5. The number of rotatable bonds is 4. The number of para-hydroxylation sites is 4. The number of fused-ring (bicyclic) bond motifs is 8. The molecule has 0 saturated carbocycles. The Morgan fingerprint density at radius 2 is 1.13 bits per heavy atom. The summed E-state index contributed by atoms with van der Waals surface area (Å²) < 4.78 is 9.21. The Kier molecular flexibility index (Phi) is 5.37. The Morgan fingerprint density at radius 1 is 0.478 bits per heavy atom. The Morgan fingerprint density at radius 3 is 1.91 bits per heavy atom. The van der Waals surface area contributed by atoms with E-state index in [0.29, 0.717) is 0 Å². The molecule has 46 heavy (non-hydrogen) atoms. The maximum absolute atomic E-state index is 6.77. The van der Waals surface area contributed by atoms with Gasteiger partial charge < -0.3 is 14.2 Å². The van der Waals surface area contributed by atoms with E-state index in [0.717, 1.165) is 39.7 Å². The van der Waals surface area contributed by atoms with Crippen LogP contribution in [-0.4, -0.2) is 11.3 Å². The van der Waals surface area contributed by atoms with Crippen molar-refractivity contribution in [1.82, 2.24) is 4.57 Å². The van der Waals surface area contributed by atoms with E-state index in [4.69, 9.17) is 4.74 Å². The molecule has 8 aromatic rings. The van der Waals surface area contributed by atoms with Crippen LogP contribution in [0, 0.1) is 0 Å². The van der Waals surface area contributed by atoms with Gasteiger partial charge in [-0.2, -0.15) is 0 Å². The average molecular weight is 587 g/mol. The fraction of sp³-hybridized carbons (Fsp3) is 0. The van der Waals surface area contributed by atoms with E-state index >= 15 is 0 Å². The molecule has 0 radical (unpaired) electrons. The van der Waals surface area contributed by atoms with Gasteiger partial charge in [0.2, 0.25) is 0 Å². The predicted molar refractivity (Wildman–Crippen MR) is 192 cm³/mol. The highest BCUT2D eigenvalue weighted by molar-refractivity contribution is 6.99. The van der Waals surface area contributed by atoms with Crippen LogP contribution < -0.4 is 26.0 Å². The largest absolute Gasteiger partial charge is 0.458 e. The smallest absolute Gasteiger partial charge is 0.256 e. The lowest BCUT2D eigenvalue weighted by molar-refractivity contribution is 0.488. The predicted octanol–water partition coefficient (Wildman–Crippen LogP) is 8.86. The van der Waals surface area contributed by atoms with Crippen LogP contribution in [0.25, 0.3) is 38.6 Å². The van der Waals surface area contributed by atoms with Gasteiger partial charge in [-0.1, -0.05) is 97.1 Å². The third kappa shape index (κ3) is 3.61. The second kappa shape index (κ2) is 9.75. The second-order valence-electron chi connectivity index (χ2n) is 12.1. The molecule has 214 valence electrons. The third-order valence-corrected chi connectivity index (χ3v) is 9.65. The molecule has 0 saturated heterocycles. The van der Waals surface area contributed by atoms with Crippen molar-refractivity contribution < 1.29 is 4.74 Å². The van der Waals surface area contributed by atoms with Crippen molar-refractivity contribution in [3.63, 3.8) is 0 Å². The van der Waals surface area contributed by atoms with E-state index in [2.05, 4.69) is 173 Å². The summed E-state index contributed by atoms with van der Waals surface area (Å²) >= 11 is 0. The Hall–Kier alpha value is -6.00. The highest BCUT2D eigenvalue weighted by Crippen LogP contribution is 2.40. The average Bonchev–Trinajstić information content (AvgIpc) is 3.47. The van der Waals surface area contributed by atoms with Crippen molar-refractivity contribution in [3.8, 4) is 28.3 Å². The van der Waals surface area contributed by atoms with E-state index in [9.17, 15) is 0 Å². The summed E-state index contributed by atoms with van der Waals surface area (Å²) in [6.07, 6.45) is 0. The molecule has 10 rings (SSSR count). The number of nitrogens with zero attached hydrogens (tertiary/aromatic N) is 2. The fourth-order valence-corrected chi connectivity index (χ4v) is 7.66. The van der Waals surface area contributed by atoms with Crippen LogP contribution in [0.3, 0.4) is 0 Å². The first-order valence-electron chi connectivity index (χ1n) is 15.8. The molecule has 2 aliphatic rings. The fourth-order valence-electron chi connectivity index (χ4n) is 7.66. The molecule has 2 aliphatic heterocycles. The lowest BCUT2D eigenvalue weighted by Crippen LogP contribution is -2.58. The maximum atomic E-state index is 6.77. The Labute approximate surface area is 267 Å². The molecule has 0 atom stereocenters. The van der Waals surface area contributed by atoms with Crippen molar-refractivity contribution in [3.05, 3.63) is 164 Å². The van der Waals surface area contributed by atoms with Crippen LogP contribution in [0.15, 0.2) is 164 Å². The number of aromatic nitrogens is 1. The highest BCUT2D eigenvalue weighted by Gasteiger charge is 2.40. The summed E-state index contributed by atoms with van der Waals surface area (Å²) in [4.78, 5) is 2.29. The molecule has 3 nitrogen and oxygen atoms in total. The standard InChI is InChI=1S/C42H27BN2O/c1-3-11-30(12-4-1)44(31-13-5-2-6-14-31)32-22-19-28(20-23-32)29-21-25-36-40(27-29)46-39-26-24-34-33-15-7-9-17-37(33)45-38-18-10-8-16-35(38)43(36)41(39)42(34)45/h1-27H. The van der Waals surface area contributed by atoms with E-state index < -0.39 is 0 Å². The molecule has 0 fully saturated rings. The van der Waals surface area contributed by atoms with Crippen molar-refractivity contribution >= 4 is 62.0 Å². The zero-order valence-corrected chi connectivity index (χ0v) is 25.0. The maximum Gasteiger partial charge on any atom is 0.256 e. The van der Waals surface area contributed by atoms with Gasteiger partial charge in [0.25, 0.3) is 6.71 Å². The van der Waals surface area contributed by atoms with Crippen molar-refractivity contribution in [2.24, 2.45) is 0 Å². The quantitative estimate of drug-likeness (QED) is 0.192. The SMILES string of the molecule is c1ccc(N(c2ccccc2)c2ccc(-c3ccc4c(c3)Oc3ccc5c6ccccc6n6c5c3B4c3ccccc3-6)cc2)cc1. The van der Waals surface area contributed by atoms with Gasteiger partial charge in [-0.25, -0.2) is 0 Å². The molecule has 0 unspecified atom stereocenters. The molecule has 0 spiro atoms. The molecule has 3 heterocycles. The van der Waals surface area contributed by atoms with E-state index in [1.165, 1.54) is 43.9 Å². The first kappa shape index (κ1) is 25.3. The minimum Gasteiger partial charge on any atom is -0.458 e. The van der Waals surface area contributed by atoms with Crippen molar-refractivity contribution in [2.45, 2.75) is 0 Å². The molecular formula is C42H27BN2O. The minimum absolute atomic E-state index is 0.109. The molecule has 7 aromatic carbocycles. The summed E-state index contributed by atoms with van der Waals surface area (Å²) in [5.74, 6) is 1.87. The van der Waals surface area contributed by atoms with Crippen LogP contribution in [0.5, 0.6) is 11.5 Å². The first-order valence-corrected chi connectivity index (χ1v) is 15.8. The van der Waals surface area contributed by atoms with Gasteiger partial charge in [0.05, 0.1) is 11.0 Å². The Balaban J connectivity index is 1.08. The van der Waals surface area contributed by atoms with Gasteiger partial charge in [-0.3, -0.25) is 0 Å². The number of ether oxygens (including phenoxy) is 1. The van der Waals surface area contributed by atoms with E-state index in [1.54, 1.807) is 0 Å². The highest BCUT2D eigenvalue weighted by atomic mass is 16.5. The lowest BCUT2D eigenvalue weighted by Gasteiger charge is -2.33. The van der Waals surface area contributed by atoms with Crippen LogP contribution in [0.4, 0.5) is 17.1 Å². The van der Waals surface area contributed by atoms with Gasteiger partial charge >= 0.3 is 0 Å². The first-order chi connectivity index (χ1) is 22.8. The third-order valence-electron chi connectivity index (χ3n) is 9.65. The lowest BCUT2D eigenvalue weighted by atomic mass is 9.34. The summed E-state index contributed by atoms with van der Waals surface area (Å²) in [5, 5.41) is 2.55. The molecule has 0 aliphatic carbocycles.